The van der Waals surface area contributed by atoms with Crippen molar-refractivity contribution in [3.8, 4) is 0 Å². The van der Waals surface area contributed by atoms with Crippen molar-refractivity contribution in [2.45, 2.75) is 38.3 Å². The molecule has 0 unspecified atom stereocenters. The maximum Gasteiger partial charge on any atom is 0.326 e. The number of carbonyl (C=O) groups is 3. The number of nitrogens with zero attached hydrogens (tertiary/aromatic N) is 3. The second-order valence-corrected chi connectivity index (χ2v) is 7.75. The molecule has 0 aliphatic heterocycles. The Kier molecular flexibility index (Phi) is 8.40. The summed E-state index contributed by atoms with van der Waals surface area (Å²) in [5.74, 6) is -1.91. The molecule has 0 bridgehead atoms. The molecule has 2 aromatic heterocycles. The Morgan fingerprint density at radius 2 is 1.86 bits per heavy atom. The van der Waals surface area contributed by atoms with E-state index < -0.39 is 23.5 Å². The van der Waals surface area contributed by atoms with E-state index >= 15 is 0 Å². The van der Waals surface area contributed by atoms with E-state index in [2.05, 4.69) is 30.6 Å². The first kappa shape index (κ1) is 25.2. The number of fused-ring (bicyclic) bond motifs is 1. The predicted octanol–water partition coefficient (Wildman–Crippen LogP) is 0.179. The van der Waals surface area contributed by atoms with Crippen LogP contribution < -0.4 is 27.7 Å². The van der Waals surface area contributed by atoms with Gasteiger partial charge in [-0.15, -0.1) is 0 Å². The molecule has 0 saturated heterocycles. The molecule has 3 aromatic rings. The Hall–Kier alpha value is -4.39. The topological polar surface area (TPSA) is 219 Å². The minimum atomic E-state index is -1.21. The average Bonchev–Trinajstić information content (AvgIpc) is 2.84. The maximum absolute atomic E-state index is 12.5. The molecule has 0 spiro atoms. The van der Waals surface area contributed by atoms with Gasteiger partial charge in [-0.3, -0.25) is 19.4 Å². The van der Waals surface area contributed by atoms with Crippen LogP contribution in [0.2, 0.25) is 0 Å². The van der Waals surface area contributed by atoms with Gasteiger partial charge in [0.25, 0.3) is 11.5 Å². The fourth-order valence-electron chi connectivity index (χ4n) is 3.22. The van der Waals surface area contributed by atoms with E-state index in [4.69, 9.17) is 11.5 Å². The van der Waals surface area contributed by atoms with Crippen LogP contribution in [0.25, 0.3) is 11.2 Å². The number of hydrogen-bond acceptors (Lipinski definition) is 10. The minimum absolute atomic E-state index is 0.00184. The van der Waals surface area contributed by atoms with Crippen LogP contribution in [0, 0.1) is 0 Å². The van der Waals surface area contributed by atoms with Gasteiger partial charge in [-0.25, -0.2) is 14.8 Å². The lowest BCUT2D eigenvalue weighted by atomic mass is 10.1. The van der Waals surface area contributed by atoms with Gasteiger partial charge < -0.3 is 27.2 Å². The van der Waals surface area contributed by atoms with Crippen LogP contribution in [0.1, 0.15) is 41.7 Å². The van der Waals surface area contributed by atoms with E-state index in [9.17, 15) is 24.3 Å². The number of anilines is 2. The highest BCUT2D eigenvalue weighted by Crippen LogP contribution is 2.12. The van der Waals surface area contributed by atoms with Crippen LogP contribution in [0.3, 0.4) is 0 Å². The summed E-state index contributed by atoms with van der Waals surface area (Å²) in [6.45, 7) is 0.635. The summed E-state index contributed by atoms with van der Waals surface area (Å²) < 4.78 is 0. The number of nitrogens with two attached hydrogens (primary N) is 2. The number of carboxylic acids is 1. The van der Waals surface area contributed by atoms with Crippen LogP contribution in [0.4, 0.5) is 11.6 Å². The second kappa shape index (κ2) is 11.7. The first-order valence-electron chi connectivity index (χ1n) is 10.9. The third-order valence-corrected chi connectivity index (χ3v) is 5.08. The maximum atomic E-state index is 12.5. The SMILES string of the molecule is NCCCC(=O)CC[C@H](NC(=O)c1ccc(NCc2cnc3nc(N)[nH]c(=O)c3n2)cc1)C(=O)O. The molecule has 184 valence electrons. The third kappa shape index (κ3) is 7.04. The highest BCUT2D eigenvalue weighted by atomic mass is 16.4. The normalized spacial score (nSPS) is 11.7. The number of carbonyl (C=O) groups excluding carboxylic acids is 2. The molecule has 13 nitrogen and oxygen atoms in total. The summed E-state index contributed by atoms with van der Waals surface area (Å²) in [6.07, 6.45) is 2.35. The molecule has 0 aliphatic rings. The van der Waals surface area contributed by atoms with Gasteiger partial charge in [0, 0.05) is 24.1 Å². The Labute approximate surface area is 199 Å². The number of benzene rings is 1. The number of nitrogen functional groups attached to an aromatic ring is 1. The van der Waals surface area contributed by atoms with E-state index in [1.165, 1.54) is 18.3 Å². The van der Waals surface area contributed by atoms with E-state index in [0.717, 1.165) is 0 Å². The number of nitrogens with one attached hydrogen (secondary N) is 3. The van der Waals surface area contributed by atoms with Gasteiger partial charge in [0.15, 0.2) is 11.2 Å². The molecule has 35 heavy (non-hydrogen) atoms. The monoisotopic (exact) mass is 482 g/mol. The van der Waals surface area contributed by atoms with Crippen molar-refractivity contribution in [1.29, 1.82) is 0 Å². The largest absolute Gasteiger partial charge is 0.480 e. The number of ketones is 1. The lowest BCUT2D eigenvalue weighted by Gasteiger charge is -2.14. The van der Waals surface area contributed by atoms with E-state index in [1.807, 2.05) is 0 Å². The molecule has 8 N–H and O–H groups in total. The lowest BCUT2D eigenvalue weighted by Crippen LogP contribution is -2.41. The number of hydrogen-bond donors (Lipinski definition) is 6. The molecule has 0 saturated carbocycles. The molecule has 2 heterocycles. The van der Waals surface area contributed by atoms with Crippen molar-refractivity contribution < 1.29 is 19.5 Å². The number of carboxylic acid groups (broad SMARTS) is 1. The first-order valence-corrected chi connectivity index (χ1v) is 10.9. The Balaban J connectivity index is 1.57. The van der Waals surface area contributed by atoms with Crippen molar-refractivity contribution in [3.63, 3.8) is 0 Å². The molecule has 0 radical (unpaired) electrons. The van der Waals surface area contributed by atoms with Gasteiger partial charge in [-0.1, -0.05) is 0 Å². The van der Waals surface area contributed by atoms with Crippen molar-refractivity contribution in [1.82, 2.24) is 25.3 Å². The lowest BCUT2D eigenvalue weighted by molar-refractivity contribution is -0.139. The van der Waals surface area contributed by atoms with Gasteiger partial charge in [0.05, 0.1) is 18.4 Å². The molecule has 0 aliphatic carbocycles. The smallest absolute Gasteiger partial charge is 0.326 e. The van der Waals surface area contributed by atoms with E-state index in [0.29, 0.717) is 24.3 Å². The molecule has 0 fully saturated rings. The fraction of sp³-hybridized carbons (Fsp3) is 0.318. The fourth-order valence-corrected chi connectivity index (χ4v) is 3.22. The van der Waals surface area contributed by atoms with Crippen LogP contribution in [-0.4, -0.2) is 55.3 Å². The van der Waals surface area contributed by atoms with Crippen LogP contribution in [0.5, 0.6) is 0 Å². The van der Waals surface area contributed by atoms with Crippen molar-refractivity contribution in [2.75, 3.05) is 17.6 Å². The first-order chi connectivity index (χ1) is 16.8. The molecular weight excluding hydrogens is 456 g/mol. The van der Waals surface area contributed by atoms with Crippen LogP contribution >= 0.6 is 0 Å². The summed E-state index contributed by atoms with van der Waals surface area (Å²) in [7, 11) is 0. The zero-order chi connectivity index (χ0) is 25.4. The third-order valence-electron chi connectivity index (χ3n) is 5.08. The minimum Gasteiger partial charge on any atom is -0.480 e. The number of aromatic nitrogens is 4. The Bertz CT molecular complexity index is 1280. The Morgan fingerprint density at radius 1 is 1.11 bits per heavy atom. The standard InChI is InChI=1S/C22H26N8O5/c23-9-1-2-15(31)7-8-16(21(34)35)28-19(32)12-3-5-13(6-4-12)25-10-14-11-26-18-17(27-14)20(33)30-22(24)29-18/h3-6,11,16,25H,1-2,7-10,23H2,(H,28,32)(H,34,35)(H3,24,26,29,30,33)/t16-/m0/s1. The summed E-state index contributed by atoms with van der Waals surface area (Å²) >= 11 is 0. The zero-order valence-electron chi connectivity index (χ0n) is 18.8. The van der Waals surface area contributed by atoms with Crippen LogP contribution in [-0.2, 0) is 16.1 Å². The quantitative estimate of drug-likeness (QED) is 0.204. The summed E-state index contributed by atoms with van der Waals surface area (Å²) in [5.41, 5.74) is 12.0. The highest BCUT2D eigenvalue weighted by Gasteiger charge is 2.21. The van der Waals surface area contributed by atoms with Crippen molar-refractivity contribution in [2.24, 2.45) is 5.73 Å². The number of rotatable bonds is 12. The van der Waals surface area contributed by atoms with E-state index in [1.54, 1.807) is 12.1 Å². The molecular formula is C22H26N8O5. The van der Waals surface area contributed by atoms with Gasteiger partial charge in [-0.2, -0.15) is 4.98 Å². The number of amides is 1. The molecule has 1 atom stereocenters. The van der Waals surface area contributed by atoms with Crippen molar-refractivity contribution >= 4 is 40.5 Å². The average molecular weight is 483 g/mol. The molecule has 1 aromatic carbocycles. The summed E-state index contributed by atoms with van der Waals surface area (Å²) in [4.78, 5) is 62.3. The molecule has 1 amide bonds. The van der Waals surface area contributed by atoms with Gasteiger partial charge in [-0.05, 0) is 43.7 Å². The number of H-pyrrole nitrogens is 1. The molecule has 13 heteroatoms. The number of aromatic amines is 1. The van der Waals surface area contributed by atoms with Gasteiger partial charge >= 0.3 is 5.97 Å². The van der Waals surface area contributed by atoms with Crippen LogP contribution in [0.15, 0.2) is 35.3 Å². The highest BCUT2D eigenvalue weighted by molar-refractivity contribution is 5.97. The summed E-state index contributed by atoms with van der Waals surface area (Å²) in [5, 5.41) is 14.9. The second-order valence-electron chi connectivity index (χ2n) is 7.75. The summed E-state index contributed by atoms with van der Waals surface area (Å²) in [6, 6.07) is 5.18. The molecule has 3 rings (SSSR count). The number of Topliss-reactive ketones (excluding diaryl/α,β-unsaturated/α-hetero) is 1. The predicted molar refractivity (Wildman–Crippen MR) is 128 cm³/mol. The zero-order valence-corrected chi connectivity index (χ0v) is 18.8. The van der Waals surface area contributed by atoms with Gasteiger partial charge in [0.2, 0.25) is 5.95 Å². The number of aliphatic carboxylic acids is 1. The van der Waals surface area contributed by atoms with E-state index in [-0.39, 0.29) is 54.3 Å². The Morgan fingerprint density at radius 3 is 2.54 bits per heavy atom. The van der Waals surface area contributed by atoms with Crippen molar-refractivity contribution in [3.05, 3.63) is 52.1 Å². The van der Waals surface area contributed by atoms with Gasteiger partial charge in [0.1, 0.15) is 11.8 Å².